The van der Waals surface area contributed by atoms with Crippen LogP contribution in [0.1, 0.15) is 31.7 Å². The fourth-order valence-electron chi connectivity index (χ4n) is 1.58. The highest BCUT2D eigenvalue weighted by Crippen LogP contribution is 2.33. The Morgan fingerprint density at radius 1 is 1.45 bits per heavy atom. The number of unbranched alkanes of at least 4 members (excludes halogenated alkanes) is 1. The summed E-state index contributed by atoms with van der Waals surface area (Å²) in [6.07, 6.45) is -2.37. The smallest absolute Gasteiger partial charge is 0.323 e. The molecule has 0 spiro atoms. The second-order valence-electron chi connectivity index (χ2n) is 4.43. The Hall–Kier alpha value is -1.27. The summed E-state index contributed by atoms with van der Waals surface area (Å²) in [5, 5.41) is 2.37. The van der Waals surface area contributed by atoms with E-state index in [4.69, 9.17) is 17.3 Å². The second kappa shape index (κ2) is 6.95. The van der Waals surface area contributed by atoms with Crippen molar-refractivity contribution in [2.75, 3.05) is 5.32 Å². The number of anilines is 1. The molecule has 7 heteroatoms. The molecule has 0 saturated carbocycles. The van der Waals surface area contributed by atoms with Crippen LogP contribution >= 0.6 is 11.6 Å². The van der Waals surface area contributed by atoms with Crippen LogP contribution in [-0.4, -0.2) is 11.9 Å². The minimum atomic E-state index is -4.49. The number of nitrogens with one attached hydrogen (secondary N) is 1. The molecule has 1 rings (SSSR count). The van der Waals surface area contributed by atoms with Gasteiger partial charge in [-0.05, 0) is 24.6 Å². The molecule has 0 unspecified atom stereocenters. The molecule has 20 heavy (non-hydrogen) atoms. The monoisotopic (exact) mass is 308 g/mol. The quantitative estimate of drug-likeness (QED) is 0.869. The molecule has 0 saturated heterocycles. The average Bonchev–Trinajstić information content (AvgIpc) is 2.37. The number of amides is 1. The molecule has 0 heterocycles. The molecule has 1 aromatic rings. The maximum Gasteiger partial charge on any atom is 0.416 e. The third-order valence-corrected chi connectivity index (χ3v) is 3.09. The summed E-state index contributed by atoms with van der Waals surface area (Å²) in [5.74, 6) is -0.542. The van der Waals surface area contributed by atoms with Crippen molar-refractivity contribution in [1.82, 2.24) is 0 Å². The van der Waals surface area contributed by atoms with Crippen molar-refractivity contribution in [2.45, 2.75) is 38.4 Å². The van der Waals surface area contributed by atoms with Crippen molar-refractivity contribution in [1.29, 1.82) is 0 Å². The van der Waals surface area contributed by atoms with E-state index in [1.807, 2.05) is 6.92 Å². The topological polar surface area (TPSA) is 55.1 Å². The maximum absolute atomic E-state index is 12.6. The van der Waals surface area contributed by atoms with E-state index in [0.29, 0.717) is 6.42 Å². The zero-order chi connectivity index (χ0) is 15.3. The Labute approximate surface area is 120 Å². The van der Waals surface area contributed by atoms with Gasteiger partial charge in [0.25, 0.3) is 0 Å². The van der Waals surface area contributed by atoms with Crippen molar-refractivity contribution in [2.24, 2.45) is 5.73 Å². The standard InChI is InChI=1S/C13H16ClF3N2O/c1-2-3-4-10(18)12(20)19-11-7-8(13(15,16)17)5-6-9(11)14/h5-7,10H,2-4,18H2,1H3,(H,19,20)/t10-/m0/s1. The Kier molecular flexibility index (Phi) is 5.83. The number of nitrogens with two attached hydrogens (primary N) is 1. The zero-order valence-corrected chi connectivity index (χ0v) is 11.7. The van der Waals surface area contributed by atoms with Gasteiger partial charge in [0.05, 0.1) is 22.3 Å². The van der Waals surface area contributed by atoms with Gasteiger partial charge in [0.2, 0.25) is 5.91 Å². The first-order chi connectivity index (χ1) is 9.25. The lowest BCUT2D eigenvalue weighted by molar-refractivity contribution is -0.137. The largest absolute Gasteiger partial charge is 0.416 e. The van der Waals surface area contributed by atoms with Gasteiger partial charge in [0.1, 0.15) is 0 Å². The SMILES string of the molecule is CCCC[C@H](N)C(=O)Nc1cc(C(F)(F)F)ccc1Cl. The molecule has 1 atom stereocenters. The highest BCUT2D eigenvalue weighted by atomic mass is 35.5. The molecular weight excluding hydrogens is 293 g/mol. The van der Waals surface area contributed by atoms with Gasteiger partial charge < -0.3 is 11.1 Å². The van der Waals surface area contributed by atoms with Crippen molar-refractivity contribution in [3.63, 3.8) is 0 Å². The van der Waals surface area contributed by atoms with Crippen LogP contribution in [0.4, 0.5) is 18.9 Å². The highest BCUT2D eigenvalue weighted by molar-refractivity contribution is 6.33. The van der Waals surface area contributed by atoms with Gasteiger partial charge in [-0.15, -0.1) is 0 Å². The van der Waals surface area contributed by atoms with E-state index in [2.05, 4.69) is 5.32 Å². The normalized spacial score (nSPS) is 13.1. The summed E-state index contributed by atoms with van der Waals surface area (Å²) in [7, 11) is 0. The first-order valence-corrected chi connectivity index (χ1v) is 6.56. The Morgan fingerprint density at radius 2 is 2.10 bits per heavy atom. The summed E-state index contributed by atoms with van der Waals surface area (Å²) < 4.78 is 37.7. The van der Waals surface area contributed by atoms with Crippen LogP contribution in [0.2, 0.25) is 5.02 Å². The molecule has 0 aliphatic rings. The molecule has 3 N–H and O–H groups in total. The van der Waals surface area contributed by atoms with E-state index in [0.717, 1.165) is 31.0 Å². The molecular formula is C13H16ClF3N2O. The van der Waals surface area contributed by atoms with Crippen LogP contribution in [0.15, 0.2) is 18.2 Å². The molecule has 0 bridgehead atoms. The van der Waals surface area contributed by atoms with Gasteiger partial charge in [0.15, 0.2) is 0 Å². The van der Waals surface area contributed by atoms with Gasteiger partial charge in [-0.25, -0.2) is 0 Å². The number of alkyl halides is 3. The Balaban J connectivity index is 2.84. The van der Waals surface area contributed by atoms with E-state index in [1.54, 1.807) is 0 Å². The Morgan fingerprint density at radius 3 is 2.65 bits per heavy atom. The van der Waals surface area contributed by atoms with Crippen LogP contribution in [-0.2, 0) is 11.0 Å². The summed E-state index contributed by atoms with van der Waals surface area (Å²) in [6, 6.07) is 1.99. The molecule has 0 aromatic heterocycles. The van der Waals surface area contributed by atoms with Crippen LogP contribution < -0.4 is 11.1 Å². The van der Waals surface area contributed by atoms with Crippen LogP contribution in [0.25, 0.3) is 0 Å². The number of benzene rings is 1. The van der Waals surface area contributed by atoms with Gasteiger partial charge in [0, 0.05) is 0 Å². The van der Waals surface area contributed by atoms with E-state index < -0.39 is 23.7 Å². The molecule has 112 valence electrons. The minimum absolute atomic E-state index is 0.0361. The third kappa shape index (κ3) is 4.68. The number of carbonyl (C=O) groups excluding carboxylic acids is 1. The van der Waals surface area contributed by atoms with Crippen molar-refractivity contribution < 1.29 is 18.0 Å². The molecule has 0 aliphatic heterocycles. The molecule has 1 aromatic carbocycles. The fourth-order valence-corrected chi connectivity index (χ4v) is 1.74. The van der Waals surface area contributed by atoms with E-state index >= 15 is 0 Å². The molecule has 0 aliphatic carbocycles. The van der Waals surface area contributed by atoms with Crippen molar-refractivity contribution in [3.05, 3.63) is 28.8 Å². The number of hydrogen-bond acceptors (Lipinski definition) is 2. The first kappa shape index (κ1) is 16.8. The van der Waals surface area contributed by atoms with E-state index in [1.165, 1.54) is 0 Å². The average molecular weight is 309 g/mol. The minimum Gasteiger partial charge on any atom is -0.323 e. The predicted octanol–water partition coefficient (Wildman–Crippen LogP) is 3.81. The number of hydrogen-bond donors (Lipinski definition) is 2. The van der Waals surface area contributed by atoms with Crippen LogP contribution in [0.5, 0.6) is 0 Å². The van der Waals surface area contributed by atoms with Gasteiger partial charge >= 0.3 is 6.18 Å². The first-order valence-electron chi connectivity index (χ1n) is 6.19. The summed E-state index contributed by atoms with van der Waals surface area (Å²) in [5.41, 5.74) is 4.69. The number of halogens is 4. The summed E-state index contributed by atoms with van der Waals surface area (Å²) >= 11 is 5.78. The van der Waals surface area contributed by atoms with E-state index in [-0.39, 0.29) is 10.7 Å². The lowest BCUT2D eigenvalue weighted by Crippen LogP contribution is -2.35. The fraction of sp³-hybridized carbons (Fsp3) is 0.462. The van der Waals surface area contributed by atoms with Gasteiger partial charge in [-0.1, -0.05) is 31.4 Å². The second-order valence-corrected chi connectivity index (χ2v) is 4.84. The molecule has 0 fully saturated rings. The summed E-state index contributed by atoms with van der Waals surface area (Å²) in [4.78, 5) is 11.8. The van der Waals surface area contributed by atoms with Gasteiger partial charge in [-0.2, -0.15) is 13.2 Å². The number of carbonyl (C=O) groups is 1. The number of rotatable bonds is 5. The lowest BCUT2D eigenvalue weighted by atomic mass is 10.1. The van der Waals surface area contributed by atoms with Crippen LogP contribution in [0.3, 0.4) is 0 Å². The van der Waals surface area contributed by atoms with Gasteiger partial charge in [-0.3, -0.25) is 4.79 Å². The van der Waals surface area contributed by atoms with Crippen LogP contribution in [0, 0.1) is 0 Å². The maximum atomic E-state index is 12.6. The highest BCUT2D eigenvalue weighted by Gasteiger charge is 2.31. The Bertz CT molecular complexity index is 477. The molecule has 1 amide bonds. The summed E-state index contributed by atoms with van der Waals surface area (Å²) in [6.45, 7) is 1.95. The zero-order valence-electron chi connectivity index (χ0n) is 10.9. The molecule has 0 radical (unpaired) electrons. The van der Waals surface area contributed by atoms with Crippen molar-refractivity contribution in [3.8, 4) is 0 Å². The molecule has 3 nitrogen and oxygen atoms in total. The van der Waals surface area contributed by atoms with Crippen molar-refractivity contribution >= 4 is 23.2 Å². The third-order valence-electron chi connectivity index (χ3n) is 2.76. The predicted molar refractivity (Wildman–Crippen MR) is 72.6 cm³/mol. The van der Waals surface area contributed by atoms with E-state index in [9.17, 15) is 18.0 Å². The lowest BCUT2D eigenvalue weighted by Gasteiger charge is -2.14.